The van der Waals surface area contributed by atoms with Crippen LogP contribution in [0.3, 0.4) is 0 Å². The molecule has 0 saturated heterocycles. The van der Waals surface area contributed by atoms with Crippen molar-refractivity contribution < 1.29 is 14.9 Å². The second-order valence-electron chi connectivity index (χ2n) is 5.82. The zero-order chi connectivity index (χ0) is 15.8. The van der Waals surface area contributed by atoms with Crippen LogP contribution in [0.4, 0.5) is 0 Å². The molecule has 0 spiro atoms. The van der Waals surface area contributed by atoms with Crippen LogP contribution in [0.15, 0.2) is 22.7 Å². The van der Waals surface area contributed by atoms with E-state index in [0.29, 0.717) is 12.5 Å². The largest absolute Gasteiger partial charge is 0.490 e. The number of hydrogen-bond donors (Lipinski definition) is 3. The molecule has 120 valence electrons. The van der Waals surface area contributed by atoms with Gasteiger partial charge < -0.3 is 20.3 Å². The molecule has 0 aliphatic carbocycles. The third-order valence-electron chi connectivity index (χ3n) is 3.14. The van der Waals surface area contributed by atoms with E-state index < -0.39 is 6.10 Å². The number of aliphatic hydroxyl groups excluding tert-OH is 2. The molecule has 1 aromatic carbocycles. The summed E-state index contributed by atoms with van der Waals surface area (Å²) < 4.78 is 6.49. The molecule has 3 N–H and O–H groups in total. The minimum absolute atomic E-state index is 0.0192. The molecule has 0 aliphatic rings. The second-order valence-corrected chi connectivity index (χ2v) is 6.67. The molecule has 4 nitrogen and oxygen atoms in total. The molecule has 0 amide bonds. The van der Waals surface area contributed by atoms with Crippen molar-refractivity contribution in [3.8, 4) is 5.75 Å². The van der Waals surface area contributed by atoms with Gasteiger partial charge in [-0.1, -0.05) is 19.9 Å². The highest BCUT2D eigenvalue weighted by Gasteiger charge is 2.12. The highest BCUT2D eigenvalue weighted by Crippen LogP contribution is 2.25. The van der Waals surface area contributed by atoms with Crippen LogP contribution < -0.4 is 10.1 Å². The summed E-state index contributed by atoms with van der Waals surface area (Å²) >= 11 is 3.44. The zero-order valence-corrected chi connectivity index (χ0v) is 14.6. The standard InChI is InChI=1S/C16H26BrNO3/c1-11(2)6-13(9-19)18-8-14(20)10-21-16-5-4-12(3)7-15(16)17/h4-5,7,11,13-14,18-20H,6,8-10H2,1-3H3. The molecular formula is C16H26BrNO3. The van der Waals surface area contributed by atoms with Crippen molar-refractivity contribution in [3.05, 3.63) is 28.2 Å². The highest BCUT2D eigenvalue weighted by atomic mass is 79.9. The number of halogens is 1. The molecule has 1 aromatic rings. The summed E-state index contributed by atoms with van der Waals surface area (Å²) in [6, 6.07) is 5.85. The summed E-state index contributed by atoms with van der Waals surface area (Å²) in [5, 5.41) is 22.4. The Balaban J connectivity index is 2.34. The predicted octanol–water partition coefficient (Wildman–Crippen LogP) is 2.49. The molecule has 2 atom stereocenters. The Labute approximate surface area is 135 Å². The van der Waals surface area contributed by atoms with Gasteiger partial charge in [-0.05, 0) is 52.9 Å². The fourth-order valence-corrected chi connectivity index (χ4v) is 2.67. The van der Waals surface area contributed by atoms with E-state index in [-0.39, 0.29) is 19.3 Å². The molecule has 0 radical (unpaired) electrons. The fourth-order valence-electron chi connectivity index (χ4n) is 2.06. The molecule has 0 fully saturated rings. The van der Waals surface area contributed by atoms with Gasteiger partial charge in [0.05, 0.1) is 11.1 Å². The maximum absolute atomic E-state index is 9.95. The highest BCUT2D eigenvalue weighted by molar-refractivity contribution is 9.10. The van der Waals surface area contributed by atoms with E-state index in [0.717, 1.165) is 22.2 Å². The Morgan fingerprint density at radius 1 is 1.33 bits per heavy atom. The van der Waals surface area contributed by atoms with Gasteiger partial charge in [-0.3, -0.25) is 0 Å². The molecular weight excluding hydrogens is 334 g/mol. The lowest BCUT2D eigenvalue weighted by atomic mass is 10.0. The number of benzene rings is 1. The zero-order valence-electron chi connectivity index (χ0n) is 13.0. The van der Waals surface area contributed by atoms with Crippen molar-refractivity contribution in [1.29, 1.82) is 0 Å². The number of rotatable bonds is 9. The average Bonchev–Trinajstić information content (AvgIpc) is 2.42. The predicted molar refractivity (Wildman–Crippen MR) is 88.7 cm³/mol. The Morgan fingerprint density at radius 3 is 2.62 bits per heavy atom. The molecule has 0 heterocycles. The summed E-state index contributed by atoms with van der Waals surface area (Å²) in [6.07, 6.45) is 0.271. The second kappa shape index (κ2) is 9.41. The molecule has 0 saturated carbocycles. The van der Waals surface area contributed by atoms with E-state index >= 15 is 0 Å². The smallest absolute Gasteiger partial charge is 0.133 e. The van der Waals surface area contributed by atoms with Gasteiger partial charge in [0, 0.05) is 12.6 Å². The van der Waals surface area contributed by atoms with Gasteiger partial charge in [-0.15, -0.1) is 0 Å². The van der Waals surface area contributed by atoms with Crippen LogP contribution in [-0.2, 0) is 0 Å². The Bertz CT molecular complexity index is 426. The Kier molecular flexibility index (Phi) is 8.26. The Hall–Kier alpha value is -0.620. The number of ether oxygens (including phenoxy) is 1. The van der Waals surface area contributed by atoms with Crippen molar-refractivity contribution in [2.75, 3.05) is 19.8 Å². The normalized spacial score (nSPS) is 14.2. The maximum atomic E-state index is 9.95. The van der Waals surface area contributed by atoms with E-state index in [4.69, 9.17) is 4.74 Å². The topological polar surface area (TPSA) is 61.7 Å². The van der Waals surface area contributed by atoms with Crippen LogP contribution in [0.5, 0.6) is 5.75 Å². The lowest BCUT2D eigenvalue weighted by Gasteiger charge is -2.20. The first-order chi connectivity index (χ1) is 9.92. The summed E-state index contributed by atoms with van der Waals surface area (Å²) in [5.74, 6) is 1.23. The van der Waals surface area contributed by atoms with E-state index in [1.807, 2.05) is 25.1 Å². The SMILES string of the molecule is Cc1ccc(OCC(O)CNC(CO)CC(C)C)c(Br)c1. The molecule has 5 heteroatoms. The van der Waals surface area contributed by atoms with Crippen LogP contribution in [0.2, 0.25) is 0 Å². The molecule has 2 unspecified atom stereocenters. The van der Waals surface area contributed by atoms with Crippen molar-refractivity contribution >= 4 is 15.9 Å². The molecule has 0 bridgehead atoms. The van der Waals surface area contributed by atoms with Crippen LogP contribution >= 0.6 is 15.9 Å². The summed E-state index contributed by atoms with van der Waals surface area (Å²) in [4.78, 5) is 0. The van der Waals surface area contributed by atoms with Gasteiger partial charge >= 0.3 is 0 Å². The lowest BCUT2D eigenvalue weighted by molar-refractivity contribution is 0.0978. The van der Waals surface area contributed by atoms with Crippen LogP contribution in [0, 0.1) is 12.8 Å². The monoisotopic (exact) mass is 359 g/mol. The quantitative estimate of drug-likeness (QED) is 0.633. The number of aryl methyl sites for hydroxylation is 1. The number of nitrogens with one attached hydrogen (secondary N) is 1. The van der Waals surface area contributed by atoms with Gasteiger partial charge in [-0.25, -0.2) is 0 Å². The van der Waals surface area contributed by atoms with Gasteiger partial charge in [-0.2, -0.15) is 0 Å². The van der Waals surface area contributed by atoms with E-state index in [1.165, 1.54) is 0 Å². The first kappa shape index (κ1) is 18.4. The van der Waals surface area contributed by atoms with Crippen LogP contribution in [-0.4, -0.2) is 42.1 Å². The third-order valence-corrected chi connectivity index (χ3v) is 3.76. The summed E-state index contributed by atoms with van der Waals surface area (Å²) in [7, 11) is 0. The van der Waals surface area contributed by atoms with Crippen molar-refractivity contribution in [2.24, 2.45) is 5.92 Å². The molecule has 21 heavy (non-hydrogen) atoms. The summed E-state index contributed by atoms with van der Waals surface area (Å²) in [6.45, 7) is 6.93. The minimum Gasteiger partial charge on any atom is -0.490 e. The number of aliphatic hydroxyl groups is 2. The van der Waals surface area contributed by atoms with E-state index in [9.17, 15) is 10.2 Å². The fraction of sp³-hybridized carbons (Fsp3) is 0.625. The van der Waals surface area contributed by atoms with Crippen LogP contribution in [0.25, 0.3) is 0 Å². The molecule has 0 aliphatic heterocycles. The van der Waals surface area contributed by atoms with Gasteiger partial charge in [0.15, 0.2) is 0 Å². The molecule has 0 aromatic heterocycles. The van der Waals surface area contributed by atoms with E-state index in [2.05, 4.69) is 35.1 Å². The van der Waals surface area contributed by atoms with Crippen LogP contribution in [0.1, 0.15) is 25.8 Å². The van der Waals surface area contributed by atoms with Gasteiger partial charge in [0.25, 0.3) is 0 Å². The van der Waals surface area contributed by atoms with Crippen molar-refractivity contribution in [3.63, 3.8) is 0 Å². The number of hydrogen-bond acceptors (Lipinski definition) is 4. The Morgan fingerprint density at radius 2 is 2.05 bits per heavy atom. The third kappa shape index (κ3) is 7.27. The van der Waals surface area contributed by atoms with E-state index in [1.54, 1.807) is 0 Å². The maximum Gasteiger partial charge on any atom is 0.133 e. The summed E-state index contributed by atoms with van der Waals surface area (Å²) in [5.41, 5.74) is 1.15. The van der Waals surface area contributed by atoms with Crippen molar-refractivity contribution in [2.45, 2.75) is 39.3 Å². The first-order valence-corrected chi connectivity index (χ1v) is 8.13. The minimum atomic E-state index is -0.612. The lowest BCUT2D eigenvalue weighted by Crippen LogP contribution is -2.40. The molecule has 1 rings (SSSR count). The van der Waals surface area contributed by atoms with Gasteiger partial charge in [0.2, 0.25) is 0 Å². The van der Waals surface area contributed by atoms with Crippen molar-refractivity contribution in [1.82, 2.24) is 5.32 Å². The average molecular weight is 360 g/mol. The first-order valence-electron chi connectivity index (χ1n) is 7.33. The van der Waals surface area contributed by atoms with Gasteiger partial charge in [0.1, 0.15) is 18.5 Å².